The molecule has 0 saturated carbocycles. The number of piperazine rings is 1. The van der Waals surface area contributed by atoms with Crippen molar-refractivity contribution < 1.29 is 4.79 Å². The normalized spacial score (nSPS) is 14.7. The van der Waals surface area contributed by atoms with Gasteiger partial charge in [-0.05, 0) is 74.5 Å². The highest BCUT2D eigenvalue weighted by molar-refractivity contribution is 9.10. The number of fused-ring (bicyclic) bond motifs is 1. The lowest BCUT2D eigenvalue weighted by Crippen LogP contribution is -2.44. The number of halogens is 1. The molecular weight excluding hydrogens is 442 g/mol. The van der Waals surface area contributed by atoms with Crippen molar-refractivity contribution in [3.63, 3.8) is 0 Å². The third-order valence-electron chi connectivity index (χ3n) is 5.50. The van der Waals surface area contributed by atoms with E-state index in [1.54, 1.807) is 0 Å². The number of amides is 2. The Balaban J connectivity index is 1.50. The summed E-state index contributed by atoms with van der Waals surface area (Å²) in [4.78, 5) is 22.0. The molecule has 30 heavy (non-hydrogen) atoms. The Hall–Kier alpha value is -2.64. The average Bonchev–Trinajstić information content (AvgIpc) is 2.71. The van der Waals surface area contributed by atoms with Crippen molar-refractivity contribution in [2.45, 2.75) is 13.8 Å². The first-order valence-corrected chi connectivity index (χ1v) is 10.9. The number of aryl methyl sites for hydroxylation is 2. The van der Waals surface area contributed by atoms with E-state index in [0.717, 1.165) is 69.9 Å². The number of nitrogens with zero attached hydrogens (tertiary/aromatic N) is 3. The molecule has 2 amide bonds. The van der Waals surface area contributed by atoms with Gasteiger partial charge in [0.2, 0.25) is 0 Å². The third-order valence-corrected chi connectivity index (χ3v) is 6.39. The monoisotopic (exact) mass is 467 g/mol. The van der Waals surface area contributed by atoms with Gasteiger partial charge in [0.25, 0.3) is 0 Å². The lowest BCUT2D eigenvalue weighted by Gasteiger charge is -2.33. The van der Waals surface area contributed by atoms with E-state index in [1.165, 1.54) is 0 Å². The minimum Gasteiger partial charge on any atom is -0.354 e. The Morgan fingerprint density at radius 2 is 1.60 bits per heavy atom. The van der Waals surface area contributed by atoms with Crippen LogP contribution in [0.25, 0.3) is 10.9 Å². The highest BCUT2D eigenvalue weighted by atomic mass is 79.9. The number of rotatable bonds is 3. The summed E-state index contributed by atoms with van der Waals surface area (Å²) in [5.74, 6) is 1.03. The minimum absolute atomic E-state index is 0.268. The zero-order chi connectivity index (χ0) is 21.3. The first kappa shape index (κ1) is 20.6. The Bertz CT molecular complexity index is 1090. The second kappa shape index (κ2) is 8.62. The summed E-state index contributed by atoms with van der Waals surface area (Å²) < 4.78 is 1.02. The molecule has 0 radical (unpaired) electrons. The summed E-state index contributed by atoms with van der Waals surface area (Å²) in [5.41, 5.74) is 4.66. The third kappa shape index (κ3) is 4.57. The zero-order valence-corrected chi connectivity index (χ0v) is 19.1. The van der Waals surface area contributed by atoms with Gasteiger partial charge in [-0.15, -0.1) is 0 Å². The quantitative estimate of drug-likeness (QED) is 0.568. The molecule has 0 spiro atoms. The first-order chi connectivity index (χ1) is 14.4. The van der Waals surface area contributed by atoms with Crippen LogP contribution in [-0.4, -0.2) is 49.1 Å². The molecule has 0 aliphatic carbocycles. The number of nitrogens with one attached hydrogen (secondary N) is 2. The lowest BCUT2D eigenvalue weighted by atomic mass is 10.1. The second-order valence-corrected chi connectivity index (χ2v) is 8.72. The smallest absolute Gasteiger partial charge is 0.323 e. The van der Waals surface area contributed by atoms with Gasteiger partial charge in [-0.25, -0.2) is 9.78 Å². The van der Waals surface area contributed by atoms with Crippen molar-refractivity contribution in [1.82, 2.24) is 9.88 Å². The summed E-state index contributed by atoms with van der Waals surface area (Å²) >= 11 is 3.47. The number of benzene rings is 2. The fourth-order valence-electron chi connectivity index (χ4n) is 3.67. The molecule has 6 nitrogen and oxygen atoms in total. The van der Waals surface area contributed by atoms with Crippen molar-refractivity contribution in [2.24, 2.45) is 0 Å². The number of hydrogen-bond acceptors (Lipinski definition) is 4. The molecule has 0 atom stereocenters. The second-order valence-electron chi connectivity index (χ2n) is 7.86. The molecule has 2 N–H and O–H groups in total. The molecule has 1 aromatic heterocycles. The molecule has 7 heteroatoms. The first-order valence-electron chi connectivity index (χ1n) is 10.1. The Kier molecular flexibility index (Phi) is 5.92. The maximum atomic E-state index is 12.4. The standard InChI is InChI=1S/C23H26BrN5O/c1-15-13-22(29-10-8-28(3)9-11-29)27-21-7-5-18(14-19(15)21)26-23(30)25-17-4-6-20(24)16(2)12-17/h4-7,12-14H,8-11H2,1-3H3,(H2,25,26,30). The molecule has 1 fully saturated rings. The molecule has 3 aromatic rings. The SMILES string of the molecule is Cc1cc(NC(=O)Nc2ccc3nc(N4CCN(C)CC4)cc(C)c3c2)ccc1Br. The van der Waals surface area contributed by atoms with Gasteiger partial charge in [-0.1, -0.05) is 15.9 Å². The fourth-order valence-corrected chi connectivity index (χ4v) is 3.91. The number of carbonyl (C=O) groups excluding carboxylic acids is 1. The molecule has 1 saturated heterocycles. The maximum Gasteiger partial charge on any atom is 0.323 e. The predicted octanol–water partition coefficient (Wildman–Crippen LogP) is 5.01. The number of hydrogen-bond donors (Lipinski definition) is 2. The van der Waals surface area contributed by atoms with Crippen molar-refractivity contribution >= 4 is 50.1 Å². The van der Waals surface area contributed by atoms with Crippen LogP contribution in [0.4, 0.5) is 22.0 Å². The van der Waals surface area contributed by atoms with Crippen molar-refractivity contribution in [3.8, 4) is 0 Å². The van der Waals surface area contributed by atoms with Gasteiger partial charge in [0.1, 0.15) is 5.82 Å². The molecule has 2 aromatic carbocycles. The van der Waals surface area contributed by atoms with E-state index in [9.17, 15) is 4.79 Å². The van der Waals surface area contributed by atoms with Crippen LogP contribution in [0.3, 0.4) is 0 Å². The number of anilines is 3. The Morgan fingerprint density at radius 1 is 0.933 bits per heavy atom. The Labute approximate surface area is 185 Å². The van der Waals surface area contributed by atoms with Crippen LogP contribution >= 0.6 is 15.9 Å². The van der Waals surface area contributed by atoms with Gasteiger partial charge in [-0.2, -0.15) is 0 Å². The van der Waals surface area contributed by atoms with Crippen LogP contribution in [0.15, 0.2) is 46.9 Å². The van der Waals surface area contributed by atoms with E-state index in [0.29, 0.717) is 0 Å². The van der Waals surface area contributed by atoms with E-state index >= 15 is 0 Å². The summed E-state index contributed by atoms with van der Waals surface area (Å²) in [7, 11) is 2.15. The number of likely N-dealkylation sites (N-methyl/N-ethyl adjacent to an activating group) is 1. The van der Waals surface area contributed by atoms with Crippen LogP contribution in [0.2, 0.25) is 0 Å². The lowest BCUT2D eigenvalue weighted by molar-refractivity contribution is 0.262. The van der Waals surface area contributed by atoms with Crippen molar-refractivity contribution in [2.75, 3.05) is 48.8 Å². The highest BCUT2D eigenvalue weighted by Crippen LogP contribution is 2.26. The summed E-state index contributed by atoms with van der Waals surface area (Å²) in [6, 6.07) is 13.4. The van der Waals surface area contributed by atoms with Crippen LogP contribution in [0.5, 0.6) is 0 Å². The topological polar surface area (TPSA) is 60.5 Å². The van der Waals surface area contributed by atoms with Gasteiger partial charge in [0, 0.05) is 47.4 Å². The number of carbonyl (C=O) groups is 1. The van der Waals surface area contributed by atoms with Gasteiger partial charge in [0.05, 0.1) is 5.52 Å². The van der Waals surface area contributed by atoms with Crippen LogP contribution in [0, 0.1) is 13.8 Å². The predicted molar refractivity (Wildman–Crippen MR) is 128 cm³/mol. The molecule has 0 bridgehead atoms. The van der Waals surface area contributed by atoms with Crippen LogP contribution < -0.4 is 15.5 Å². The van der Waals surface area contributed by atoms with Gasteiger partial charge in [-0.3, -0.25) is 0 Å². The zero-order valence-electron chi connectivity index (χ0n) is 17.5. The molecule has 156 valence electrons. The van der Waals surface area contributed by atoms with E-state index in [-0.39, 0.29) is 6.03 Å². The molecule has 1 aliphatic rings. The number of urea groups is 1. The summed E-state index contributed by atoms with van der Waals surface area (Å²) in [5, 5.41) is 6.85. The summed E-state index contributed by atoms with van der Waals surface area (Å²) in [6.45, 7) is 8.16. The van der Waals surface area contributed by atoms with Crippen LogP contribution in [-0.2, 0) is 0 Å². The van der Waals surface area contributed by atoms with Crippen molar-refractivity contribution in [1.29, 1.82) is 0 Å². The summed E-state index contributed by atoms with van der Waals surface area (Å²) in [6.07, 6.45) is 0. The van der Waals surface area contributed by atoms with Gasteiger partial charge >= 0.3 is 6.03 Å². The van der Waals surface area contributed by atoms with Crippen molar-refractivity contribution in [3.05, 3.63) is 58.1 Å². The molecule has 0 unspecified atom stereocenters. The van der Waals surface area contributed by atoms with E-state index in [1.807, 2.05) is 43.3 Å². The minimum atomic E-state index is -0.268. The Morgan fingerprint density at radius 3 is 2.30 bits per heavy atom. The molecule has 1 aliphatic heterocycles. The largest absolute Gasteiger partial charge is 0.354 e. The molecule has 4 rings (SSSR count). The number of aromatic nitrogens is 1. The molecular formula is C23H26BrN5O. The van der Waals surface area contributed by atoms with E-state index in [4.69, 9.17) is 4.98 Å². The molecule has 2 heterocycles. The number of pyridine rings is 1. The average molecular weight is 468 g/mol. The van der Waals surface area contributed by atoms with E-state index < -0.39 is 0 Å². The maximum absolute atomic E-state index is 12.4. The van der Waals surface area contributed by atoms with E-state index in [2.05, 4.69) is 56.4 Å². The van der Waals surface area contributed by atoms with Gasteiger partial charge in [0.15, 0.2) is 0 Å². The van der Waals surface area contributed by atoms with Gasteiger partial charge < -0.3 is 20.4 Å². The highest BCUT2D eigenvalue weighted by Gasteiger charge is 2.16. The van der Waals surface area contributed by atoms with Crippen LogP contribution in [0.1, 0.15) is 11.1 Å². The fraction of sp³-hybridized carbons (Fsp3) is 0.304.